The molecule has 1 unspecified atom stereocenters. The van der Waals surface area contributed by atoms with Gasteiger partial charge in [-0.15, -0.1) is 0 Å². The molecule has 1 atom stereocenters. The molecule has 0 spiro atoms. The number of imidazole rings is 1. The number of aryl methyl sites for hydroxylation is 1. The van der Waals surface area contributed by atoms with E-state index < -0.39 is 17.7 Å². The summed E-state index contributed by atoms with van der Waals surface area (Å²) in [7, 11) is 1.53. The quantitative estimate of drug-likeness (QED) is 0.606. The summed E-state index contributed by atoms with van der Waals surface area (Å²) in [5.41, 5.74) is 1.96. The van der Waals surface area contributed by atoms with Crippen molar-refractivity contribution in [3.63, 3.8) is 0 Å². The van der Waals surface area contributed by atoms with Gasteiger partial charge in [-0.25, -0.2) is 4.98 Å². The summed E-state index contributed by atoms with van der Waals surface area (Å²) in [6.07, 6.45) is -1.05. The smallest absolute Gasteiger partial charge is 0.383 e. The molecule has 3 aromatic rings. The topological polar surface area (TPSA) is 55.6 Å². The summed E-state index contributed by atoms with van der Waals surface area (Å²) in [6.45, 7) is 2.59. The summed E-state index contributed by atoms with van der Waals surface area (Å²) in [4.78, 5) is 16.9. The van der Waals surface area contributed by atoms with E-state index in [2.05, 4.69) is 10.3 Å². The molecule has 0 aliphatic carbocycles. The van der Waals surface area contributed by atoms with E-state index in [1.165, 1.54) is 13.2 Å². The number of halogens is 3. The van der Waals surface area contributed by atoms with E-state index in [-0.39, 0.29) is 12.3 Å². The highest BCUT2D eigenvalue weighted by atomic mass is 19.4. The van der Waals surface area contributed by atoms with E-state index >= 15 is 0 Å². The Kier molecular flexibility index (Phi) is 6.22. The second-order valence-corrected chi connectivity index (χ2v) is 6.79. The molecule has 29 heavy (non-hydrogen) atoms. The number of methoxy groups -OCH3 is 1. The van der Waals surface area contributed by atoms with Crippen molar-refractivity contribution in [2.24, 2.45) is 0 Å². The number of hydrogen-bond donors (Lipinski definition) is 1. The van der Waals surface area contributed by atoms with Crippen LogP contribution in [0.1, 0.15) is 34.7 Å². The fourth-order valence-electron chi connectivity index (χ4n) is 3.30. The van der Waals surface area contributed by atoms with Gasteiger partial charge < -0.3 is 14.5 Å². The summed E-state index contributed by atoms with van der Waals surface area (Å²) in [5, 5.41) is 2.73. The lowest BCUT2D eigenvalue weighted by Crippen LogP contribution is -2.28. The van der Waals surface area contributed by atoms with Crippen LogP contribution in [0.5, 0.6) is 0 Å². The average Bonchev–Trinajstić information content (AvgIpc) is 3.11. The molecule has 1 N–H and O–H groups in total. The van der Waals surface area contributed by atoms with Gasteiger partial charge in [-0.3, -0.25) is 4.79 Å². The highest BCUT2D eigenvalue weighted by molar-refractivity contribution is 5.77. The molecular formula is C21H22F3N3O2. The largest absolute Gasteiger partial charge is 0.416 e. The number of carbonyl (C=O) groups excluding carboxylic acids is 1. The Labute approximate surface area is 166 Å². The zero-order valence-corrected chi connectivity index (χ0v) is 16.2. The number of pyridine rings is 1. The van der Waals surface area contributed by atoms with E-state index in [0.717, 1.165) is 17.7 Å². The van der Waals surface area contributed by atoms with E-state index in [4.69, 9.17) is 4.74 Å². The number of amides is 1. The Hall–Kier alpha value is -2.87. The molecule has 0 saturated carbocycles. The molecule has 8 heteroatoms. The molecule has 5 nitrogen and oxygen atoms in total. The van der Waals surface area contributed by atoms with Crippen LogP contribution in [0.2, 0.25) is 0 Å². The summed E-state index contributed by atoms with van der Waals surface area (Å²) in [5.74, 6) is -0.858. The minimum absolute atomic E-state index is 0.00718. The van der Waals surface area contributed by atoms with Crippen molar-refractivity contribution in [2.45, 2.75) is 25.4 Å². The Morgan fingerprint density at radius 2 is 2.07 bits per heavy atom. The predicted molar refractivity (Wildman–Crippen MR) is 103 cm³/mol. The van der Waals surface area contributed by atoms with Crippen LogP contribution in [-0.4, -0.2) is 35.6 Å². The van der Waals surface area contributed by atoms with Crippen LogP contribution < -0.4 is 5.32 Å². The second kappa shape index (κ2) is 8.65. The fourth-order valence-corrected chi connectivity index (χ4v) is 3.30. The lowest BCUT2D eigenvalue weighted by molar-refractivity contribution is -0.137. The SMILES string of the molecule is COCCNC(=O)CC(c1cccc(C(F)(F)F)c1)c1cnc2c(C)cccn12. The van der Waals surface area contributed by atoms with Gasteiger partial charge in [0.25, 0.3) is 0 Å². The van der Waals surface area contributed by atoms with Crippen LogP contribution in [0.15, 0.2) is 48.8 Å². The Balaban J connectivity index is 2.02. The first-order chi connectivity index (χ1) is 13.8. The van der Waals surface area contributed by atoms with E-state index in [1.54, 1.807) is 18.5 Å². The van der Waals surface area contributed by atoms with Gasteiger partial charge >= 0.3 is 6.18 Å². The maximum atomic E-state index is 13.2. The number of carbonyl (C=O) groups is 1. The first kappa shape index (κ1) is 20.9. The highest BCUT2D eigenvalue weighted by Gasteiger charge is 2.32. The van der Waals surface area contributed by atoms with Gasteiger partial charge in [0, 0.05) is 38.4 Å². The van der Waals surface area contributed by atoms with Gasteiger partial charge in [0.2, 0.25) is 5.91 Å². The predicted octanol–water partition coefficient (Wildman–Crippen LogP) is 3.95. The fraction of sp³-hybridized carbons (Fsp3) is 0.333. The number of alkyl halides is 3. The summed E-state index contributed by atoms with van der Waals surface area (Å²) >= 11 is 0. The normalized spacial score (nSPS) is 12.9. The van der Waals surface area contributed by atoms with Crippen molar-refractivity contribution in [3.05, 3.63) is 71.2 Å². The third-order valence-electron chi connectivity index (χ3n) is 4.75. The zero-order valence-electron chi connectivity index (χ0n) is 16.2. The summed E-state index contributed by atoms with van der Waals surface area (Å²) in [6, 6.07) is 8.85. The van der Waals surface area contributed by atoms with Crippen LogP contribution in [0.3, 0.4) is 0 Å². The van der Waals surface area contributed by atoms with Gasteiger partial charge in [-0.2, -0.15) is 13.2 Å². The van der Waals surface area contributed by atoms with Gasteiger partial charge in [0.15, 0.2) is 0 Å². The molecule has 3 rings (SSSR count). The summed E-state index contributed by atoms with van der Waals surface area (Å²) < 4.78 is 46.5. The molecule has 0 saturated heterocycles. The standard InChI is InChI=1S/C21H22F3N3O2/c1-14-5-4-9-27-18(13-26-20(14)27)17(12-19(28)25-8-10-29-2)15-6-3-7-16(11-15)21(22,23)24/h3-7,9,11,13,17H,8,10,12H2,1-2H3,(H,25,28). The number of nitrogens with one attached hydrogen (secondary N) is 1. The Morgan fingerprint density at radius 1 is 1.28 bits per heavy atom. The van der Waals surface area contributed by atoms with Crippen molar-refractivity contribution < 1.29 is 22.7 Å². The molecule has 1 amide bonds. The molecule has 0 aliphatic heterocycles. The number of fused-ring (bicyclic) bond motifs is 1. The van der Waals surface area contributed by atoms with Gasteiger partial charge in [0.05, 0.1) is 17.9 Å². The van der Waals surface area contributed by atoms with E-state index in [1.807, 2.05) is 23.5 Å². The van der Waals surface area contributed by atoms with Gasteiger partial charge in [-0.1, -0.05) is 24.3 Å². The lowest BCUT2D eigenvalue weighted by Gasteiger charge is -2.19. The minimum Gasteiger partial charge on any atom is -0.383 e. The monoisotopic (exact) mass is 405 g/mol. The molecule has 154 valence electrons. The van der Waals surface area contributed by atoms with Gasteiger partial charge in [0.1, 0.15) is 5.65 Å². The highest BCUT2D eigenvalue weighted by Crippen LogP contribution is 2.34. The number of rotatable bonds is 7. The molecule has 1 aromatic carbocycles. The van der Waals surface area contributed by atoms with Crippen LogP contribution in [0, 0.1) is 6.92 Å². The van der Waals surface area contributed by atoms with Crippen molar-refractivity contribution in [1.82, 2.24) is 14.7 Å². The Bertz CT molecular complexity index is 998. The van der Waals surface area contributed by atoms with Crippen LogP contribution in [0.25, 0.3) is 5.65 Å². The molecule has 0 fully saturated rings. The van der Waals surface area contributed by atoms with E-state index in [0.29, 0.717) is 30.1 Å². The minimum atomic E-state index is -4.46. The Morgan fingerprint density at radius 3 is 2.79 bits per heavy atom. The number of ether oxygens (including phenoxy) is 1. The van der Waals surface area contributed by atoms with Crippen LogP contribution in [0.4, 0.5) is 13.2 Å². The van der Waals surface area contributed by atoms with Crippen molar-refractivity contribution in [1.29, 1.82) is 0 Å². The molecule has 2 heterocycles. The van der Waals surface area contributed by atoms with Crippen LogP contribution in [-0.2, 0) is 15.7 Å². The van der Waals surface area contributed by atoms with E-state index in [9.17, 15) is 18.0 Å². The number of nitrogens with zero attached hydrogens (tertiary/aromatic N) is 2. The average molecular weight is 405 g/mol. The number of benzene rings is 1. The number of aromatic nitrogens is 2. The first-order valence-electron chi connectivity index (χ1n) is 9.16. The van der Waals surface area contributed by atoms with Gasteiger partial charge in [-0.05, 0) is 30.2 Å². The molecule has 2 aromatic heterocycles. The molecule has 0 aliphatic rings. The maximum Gasteiger partial charge on any atom is 0.416 e. The molecule has 0 bridgehead atoms. The third kappa shape index (κ3) is 4.76. The number of hydrogen-bond acceptors (Lipinski definition) is 3. The zero-order chi connectivity index (χ0) is 21.0. The second-order valence-electron chi connectivity index (χ2n) is 6.79. The van der Waals surface area contributed by atoms with Crippen molar-refractivity contribution >= 4 is 11.6 Å². The molecule has 0 radical (unpaired) electrons. The van der Waals surface area contributed by atoms with Crippen molar-refractivity contribution in [2.75, 3.05) is 20.3 Å². The lowest BCUT2D eigenvalue weighted by atomic mass is 9.91. The molecular weight excluding hydrogens is 383 g/mol. The first-order valence-corrected chi connectivity index (χ1v) is 9.16. The third-order valence-corrected chi connectivity index (χ3v) is 4.75. The van der Waals surface area contributed by atoms with Crippen molar-refractivity contribution in [3.8, 4) is 0 Å². The van der Waals surface area contributed by atoms with Crippen LogP contribution >= 0.6 is 0 Å². The maximum absolute atomic E-state index is 13.2.